The van der Waals surface area contributed by atoms with Crippen molar-refractivity contribution in [3.8, 4) is 5.75 Å². The molecule has 0 radical (unpaired) electrons. The predicted octanol–water partition coefficient (Wildman–Crippen LogP) is 2.37. The molecule has 1 aliphatic rings. The highest BCUT2D eigenvalue weighted by Crippen LogP contribution is 2.33. The number of carbonyl (C=O) groups excluding carboxylic acids is 1. The Bertz CT molecular complexity index is 422. The van der Waals surface area contributed by atoms with Crippen LogP contribution < -0.4 is 9.64 Å². The topological polar surface area (TPSA) is 42.4 Å². The first kappa shape index (κ1) is 11.4. The van der Waals surface area contributed by atoms with Crippen LogP contribution in [-0.2, 0) is 4.79 Å². The number of nitrogens with zero attached hydrogens (tertiary/aromatic N) is 2. The van der Waals surface area contributed by atoms with Crippen LogP contribution >= 0.6 is 15.9 Å². The maximum atomic E-state index is 11.9. The molecule has 1 aromatic heterocycles. The number of fused-ring (bicyclic) bond motifs is 1. The molecular formula is C11H13BrN2O2. The summed E-state index contributed by atoms with van der Waals surface area (Å²) in [5.41, 5.74) is 0. The van der Waals surface area contributed by atoms with E-state index < -0.39 is 6.10 Å². The zero-order valence-electron chi connectivity index (χ0n) is 9.24. The number of anilines is 1. The molecule has 2 rings (SSSR count). The molecule has 16 heavy (non-hydrogen) atoms. The Kier molecular flexibility index (Phi) is 3.14. The van der Waals surface area contributed by atoms with Gasteiger partial charge < -0.3 is 4.74 Å². The third-order valence-electron chi connectivity index (χ3n) is 2.42. The van der Waals surface area contributed by atoms with Crippen molar-refractivity contribution in [3.05, 3.63) is 16.7 Å². The second kappa shape index (κ2) is 4.41. The van der Waals surface area contributed by atoms with Gasteiger partial charge in [-0.15, -0.1) is 0 Å². The molecule has 0 aliphatic carbocycles. The fraction of sp³-hybridized carbons (Fsp3) is 0.455. The summed E-state index contributed by atoms with van der Waals surface area (Å²) in [5.74, 6) is 1.26. The fourth-order valence-corrected chi connectivity index (χ4v) is 2.02. The molecule has 1 unspecified atom stereocenters. The highest BCUT2D eigenvalue weighted by Gasteiger charge is 2.31. The van der Waals surface area contributed by atoms with E-state index >= 15 is 0 Å². The first-order valence-corrected chi connectivity index (χ1v) is 6.06. The number of aromatic nitrogens is 1. The van der Waals surface area contributed by atoms with Gasteiger partial charge in [0.05, 0.1) is 0 Å². The van der Waals surface area contributed by atoms with E-state index in [2.05, 4.69) is 20.9 Å². The van der Waals surface area contributed by atoms with Crippen molar-refractivity contribution in [2.45, 2.75) is 26.4 Å². The standard InChI is InChI=1S/C11H13BrN2O2/c1-3-4-14-10-9(5-8(12)6-13-10)16-7(2)11(14)15/h5-7H,3-4H2,1-2H3. The van der Waals surface area contributed by atoms with Gasteiger partial charge in [0.15, 0.2) is 17.7 Å². The number of hydrogen-bond acceptors (Lipinski definition) is 3. The van der Waals surface area contributed by atoms with Gasteiger partial charge in [0.25, 0.3) is 5.91 Å². The smallest absolute Gasteiger partial charge is 0.269 e. The van der Waals surface area contributed by atoms with Crippen LogP contribution in [0.5, 0.6) is 5.75 Å². The molecule has 5 heteroatoms. The second-order valence-electron chi connectivity index (χ2n) is 3.73. The number of rotatable bonds is 2. The van der Waals surface area contributed by atoms with Gasteiger partial charge in [-0.2, -0.15) is 0 Å². The highest BCUT2D eigenvalue weighted by molar-refractivity contribution is 9.10. The second-order valence-corrected chi connectivity index (χ2v) is 4.64. The first-order chi connectivity index (χ1) is 7.63. The molecule has 2 heterocycles. The molecule has 0 bridgehead atoms. The maximum absolute atomic E-state index is 11.9. The summed E-state index contributed by atoms with van der Waals surface area (Å²) in [6.45, 7) is 4.47. The molecule has 0 saturated carbocycles. The maximum Gasteiger partial charge on any atom is 0.269 e. The molecule has 1 aromatic rings. The Morgan fingerprint density at radius 3 is 3.06 bits per heavy atom. The summed E-state index contributed by atoms with van der Waals surface area (Å²) in [6, 6.07) is 1.84. The van der Waals surface area contributed by atoms with Crippen LogP contribution in [0.4, 0.5) is 5.82 Å². The van der Waals surface area contributed by atoms with Gasteiger partial charge in [-0.3, -0.25) is 9.69 Å². The summed E-state index contributed by atoms with van der Waals surface area (Å²) >= 11 is 3.34. The Morgan fingerprint density at radius 1 is 1.62 bits per heavy atom. The molecular weight excluding hydrogens is 272 g/mol. The van der Waals surface area contributed by atoms with E-state index in [-0.39, 0.29) is 5.91 Å². The number of hydrogen-bond donors (Lipinski definition) is 0. The number of carbonyl (C=O) groups is 1. The van der Waals surface area contributed by atoms with E-state index in [9.17, 15) is 4.79 Å². The molecule has 1 amide bonds. The molecule has 0 N–H and O–H groups in total. The molecule has 0 saturated heterocycles. The molecule has 0 spiro atoms. The third-order valence-corrected chi connectivity index (χ3v) is 2.85. The summed E-state index contributed by atoms with van der Waals surface area (Å²) in [4.78, 5) is 17.8. The number of halogens is 1. The lowest BCUT2D eigenvalue weighted by Gasteiger charge is -2.31. The Morgan fingerprint density at radius 2 is 2.38 bits per heavy atom. The van der Waals surface area contributed by atoms with Crippen LogP contribution in [0.2, 0.25) is 0 Å². The van der Waals surface area contributed by atoms with Crippen LogP contribution in [0, 0.1) is 0 Å². The van der Waals surface area contributed by atoms with Gasteiger partial charge >= 0.3 is 0 Å². The van der Waals surface area contributed by atoms with E-state index in [1.54, 1.807) is 18.0 Å². The fourth-order valence-electron chi connectivity index (χ4n) is 1.71. The number of amides is 1. The normalized spacial score (nSPS) is 19.3. The average molecular weight is 285 g/mol. The van der Waals surface area contributed by atoms with Gasteiger partial charge in [0, 0.05) is 17.2 Å². The lowest BCUT2D eigenvalue weighted by Crippen LogP contribution is -2.45. The Hall–Kier alpha value is -1.10. The largest absolute Gasteiger partial charge is 0.477 e. The quantitative estimate of drug-likeness (QED) is 0.837. The lowest BCUT2D eigenvalue weighted by atomic mass is 10.2. The summed E-state index contributed by atoms with van der Waals surface area (Å²) in [6.07, 6.45) is 2.14. The van der Waals surface area contributed by atoms with E-state index in [4.69, 9.17) is 4.74 Å². The predicted molar refractivity (Wildman–Crippen MR) is 64.7 cm³/mol. The molecule has 4 nitrogen and oxygen atoms in total. The van der Waals surface area contributed by atoms with Gasteiger partial charge in [-0.05, 0) is 35.3 Å². The van der Waals surface area contributed by atoms with Crippen LogP contribution in [0.3, 0.4) is 0 Å². The van der Waals surface area contributed by atoms with E-state index in [1.165, 1.54) is 0 Å². The molecule has 0 fully saturated rings. The van der Waals surface area contributed by atoms with Crippen LogP contribution in [-0.4, -0.2) is 23.5 Å². The zero-order valence-corrected chi connectivity index (χ0v) is 10.8. The summed E-state index contributed by atoms with van der Waals surface area (Å²) in [7, 11) is 0. The first-order valence-electron chi connectivity index (χ1n) is 5.27. The van der Waals surface area contributed by atoms with Crippen molar-refractivity contribution in [3.63, 3.8) is 0 Å². The van der Waals surface area contributed by atoms with E-state index in [0.29, 0.717) is 18.1 Å². The summed E-state index contributed by atoms with van der Waals surface area (Å²) in [5, 5.41) is 0. The molecule has 86 valence electrons. The molecule has 1 atom stereocenters. The van der Waals surface area contributed by atoms with Crippen molar-refractivity contribution < 1.29 is 9.53 Å². The number of ether oxygens (including phenoxy) is 1. The van der Waals surface area contributed by atoms with Crippen molar-refractivity contribution in [2.24, 2.45) is 0 Å². The van der Waals surface area contributed by atoms with Gasteiger partial charge in [-0.25, -0.2) is 4.98 Å². The highest BCUT2D eigenvalue weighted by atomic mass is 79.9. The Labute approximate surface area is 103 Å². The van der Waals surface area contributed by atoms with Gasteiger partial charge in [-0.1, -0.05) is 6.92 Å². The van der Waals surface area contributed by atoms with Crippen molar-refractivity contribution in [2.75, 3.05) is 11.4 Å². The van der Waals surface area contributed by atoms with E-state index in [0.717, 1.165) is 10.9 Å². The van der Waals surface area contributed by atoms with Crippen LogP contribution in [0.25, 0.3) is 0 Å². The molecule has 0 aromatic carbocycles. The minimum atomic E-state index is -0.435. The third kappa shape index (κ3) is 1.91. The van der Waals surface area contributed by atoms with Crippen LogP contribution in [0.1, 0.15) is 20.3 Å². The number of pyridine rings is 1. The molecule has 1 aliphatic heterocycles. The Balaban J connectivity index is 2.43. The monoisotopic (exact) mass is 284 g/mol. The van der Waals surface area contributed by atoms with Crippen molar-refractivity contribution >= 4 is 27.7 Å². The average Bonchev–Trinajstić information content (AvgIpc) is 2.24. The van der Waals surface area contributed by atoms with Crippen molar-refractivity contribution in [1.82, 2.24) is 4.98 Å². The van der Waals surface area contributed by atoms with Crippen LogP contribution in [0.15, 0.2) is 16.7 Å². The summed E-state index contributed by atoms with van der Waals surface area (Å²) < 4.78 is 6.37. The lowest BCUT2D eigenvalue weighted by molar-refractivity contribution is -0.125. The minimum absolute atomic E-state index is 0.0239. The van der Waals surface area contributed by atoms with Crippen molar-refractivity contribution in [1.29, 1.82) is 0 Å². The zero-order chi connectivity index (χ0) is 11.7. The van der Waals surface area contributed by atoms with Gasteiger partial charge in [0.1, 0.15) is 0 Å². The minimum Gasteiger partial charge on any atom is -0.477 e. The van der Waals surface area contributed by atoms with Gasteiger partial charge in [0.2, 0.25) is 0 Å². The van der Waals surface area contributed by atoms with E-state index in [1.807, 2.05) is 13.0 Å². The SMILES string of the molecule is CCCN1C(=O)C(C)Oc2cc(Br)cnc21.